The van der Waals surface area contributed by atoms with Crippen molar-refractivity contribution in [2.75, 3.05) is 0 Å². The minimum atomic E-state index is 0.535. The summed E-state index contributed by atoms with van der Waals surface area (Å²) >= 11 is 5.32. The highest BCUT2D eigenvalue weighted by Gasteiger charge is 2.19. The molecule has 17 heavy (non-hydrogen) atoms. The number of benzene rings is 1. The second kappa shape index (κ2) is 5.91. The second-order valence-electron chi connectivity index (χ2n) is 4.46. The molecule has 0 radical (unpaired) electrons. The molecular formula is C13H17BrN2S. The van der Waals surface area contributed by atoms with Gasteiger partial charge in [0.15, 0.2) is 5.17 Å². The van der Waals surface area contributed by atoms with Crippen LogP contribution in [0.2, 0.25) is 0 Å². The Morgan fingerprint density at radius 3 is 3.00 bits per heavy atom. The molecule has 0 aliphatic carbocycles. The van der Waals surface area contributed by atoms with Gasteiger partial charge in [0, 0.05) is 15.8 Å². The summed E-state index contributed by atoms with van der Waals surface area (Å²) < 4.78 is 1.11. The maximum Gasteiger partial charge on any atom is 0.157 e. The number of thioether (sulfide) groups is 1. The molecule has 1 aliphatic heterocycles. The number of hydrogen-bond donors (Lipinski definition) is 1. The van der Waals surface area contributed by atoms with Crippen LogP contribution in [-0.4, -0.2) is 16.5 Å². The smallest absolute Gasteiger partial charge is 0.157 e. The first-order chi connectivity index (χ1) is 8.13. The minimum absolute atomic E-state index is 0.535. The minimum Gasteiger partial charge on any atom is -0.362 e. The quantitative estimate of drug-likeness (QED) is 0.898. The number of amidine groups is 1. The molecule has 0 bridgehead atoms. The molecule has 1 aromatic rings. The molecule has 0 spiro atoms. The van der Waals surface area contributed by atoms with Gasteiger partial charge in [-0.3, -0.25) is 4.99 Å². The van der Waals surface area contributed by atoms with E-state index in [0.29, 0.717) is 11.3 Å². The van der Waals surface area contributed by atoms with Crippen molar-refractivity contribution >= 4 is 32.9 Å². The summed E-state index contributed by atoms with van der Waals surface area (Å²) in [5.41, 5.74) is 1.24. The maximum atomic E-state index is 4.64. The van der Waals surface area contributed by atoms with E-state index in [9.17, 15) is 0 Å². The van der Waals surface area contributed by atoms with Crippen LogP contribution >= 0.6 is 27.7 Å². The predicted molar refractivity (Wildman–Crippen MR) is 79.5 cm³/mol. The van der Waals surface area contributed by atoms with Gasteiger partial charge in [-0.15, -0.1) is 0 Å². The van der Waals surface area contributed by atoms with Gasteiger partial charge >= 0.3 is 0 Å². The van der Waals surface area contributed by atoms with Crippen LogP contribution in [0.4, 0.5) is 0 Å². The van der Waals surface area contributed by atoms with Crippen molar-refractivity contribution in [1.29, 1.82) is 0 Å². The third kappa shape index (κ3) is 4.03. The maximum absolute atomic E-state index is 4.64. The fraction of sp³-hybridized carbons (Fsp3) is 0.462. The van der Waals surface area contributed by atoms with Crippen LogP contribution in [0.3, 0.4) is 0 Å². The predicted octanol–water partition coefficient (Wildman–Crippen LogP) is 3.81. The second-order valence-corrected chi connectivity index (χ2v) is 6.80. The number of rotatable bonds is 2. The highest BCUT2D eigenvalue weighted by atomic mass is 79.9. The van der Waals surface area contributed by atoms with Crippen molar-refractivity contribution in [3.63, 3.8) is 0 Å². The Morgan fingerprint density at radius 1 is 1.47 bits per heavy atom. The van der Waals surface area contributed by atoms with Crippen LogP contribution in [0, 0.1) is 0 Å². The summed E-state index contributed by atoms with van der Waals surface area (Å²) in [7, 11) is 0. The van der Waals surface area contributed by atoms with E-state index in [-0.39, 0.29) is 0 Å². The molecule has 1 aliphatic rings. The average molecular weight is 313 g/mol. The molecule has 1 fully saturated rings. The van der Waals surface area contributed by atoms with Gasteiger partial charge in [-0.05, 0) is 31.0 Å². The van der Waals surface area contributed by atoms with Crippen LogP contribution in [0.1, 0.15) is 25.8 Å². The van der Waals surface area contributed by atoms with Crippen molar-refractivity contribution < 1.29 is 0 Å². The lowest BCUT2D eigenvalue weighted by Crippen LogP contribution is -2.38. The lowest BCUT2D eigenvalue weighted by molar-refractivity contribution is 0.597. The summed E-state index contributed by atoms with van der Waals surface area (Å²) in [6.45, 7) is 5.22. The standard InChI is InChI=1S/C13H17BrN2S/c1-9-6-10(2)17-13(16-9)15-8-11-4-3-5-12(14)7-11/h3-5,7,9-10H,6,8H2,1-2H3,(H,15,16). The molecule has 0 aromatic heterocycles. The molecule has 0 saturated carbocycles. The number of halogens is 1. The highest BCUT2D eigenvalue weighted by molar-refractivity contribution is 9.10. The van der Waals surface area contributed by atoms with E-state index in [0.717, 1.165) is 16.2 Å². The fourth-order valence-corrected chi connectivity index (χ4v) is 3.54. The SMILES string of the molecule is CC1CC(C)SC(=NCc2cccc(Br)c2)N1. The third-order valence-corrected chi connectivity index (χ3v) is 4.22. The first kappa shape index (κ1) is 13.0. The Kier molecular flexibility index (Phi) is 4.51. The van der Waals surface area contributed by atoms with Crippen molar-refractivity contribution in [3.05, 3.63) is 34.3 Å². The number of hydrogen-bond acceptors (Lipinski definition) is 2. The average Bonchev–Trinajstić information content (AvgIpc) is 2.25. The summed E-state index contributed by atoms with van der Waals surface area (Å²) in [5, 5.41) is 5.17. The molecule has 1 saturated heterocycles. The van der Waals surface area contributed by atoms with Gasteiger partial charge in [0.2, 0.25) is 0 Å². The molecule has 2 rings (SSSR count). The largest absolute Gasteiger partial charge is 0.362 e. The molecule has 4 heteroatoms. The Morgan fingerprint density at radius 2 is 2.29 bits per heavy atom. The molecule has 2 nitrogen and oxygen atoms in total. The lowest BCUT2D eigenvalue weighted by Gasteiger charge is -2.26. The van der Waals surface area contributed by atoms with Gasteiger partial charge in [0.25, 0.3) is 0 Å². The number of nitrogens with one attached hydrogen (secondary N) is 1. The first-order valence-corrected chi connectivity index (χ1v) is 7.53. The van der Waals surface area contributed by atoms with Gasteiger partial charge < -0.3 is 5.32 Å². The van der Waals surface area contributed by atoms with Gasteiger partial charge in [-0.1, -0.05) is 46.7 Å². The van der Waals surface area contributed by atoms with E-state index in [1.807, 2.05) is 23.9 Å². The normalized spacial score (nSPS) is 26.9. The summed E-state index contributed by atoms with van der Waals surface area (Å²) in [6.07, 6.45) is 1.21. The molecular weight excluding hydrogens is 296 g/mol. The van der Waals surface area contributed by atoms with Crippen LogP contribution in [0.25, 0.3) is 0 Å². The van der Waals surface area contributed by atoms with Crippen LogP contribution < -0.4 is 5.32 Å². The Balaban J connectivity index is 2.00. The van der Waals surface area contributed by atoms with Gasteiger partial charge in [0.1, 0.15) is 0 Å². The van der Waals surface area contributed by atoms with Crippen molar-refractivity contribution in [2.45, 2.75) is 38.1 Å². The van der Waals surface area contributed by atoms with E-state index in [1.165, 1.54) is 12.0 Å². The highest BCUT2D eigenvalue weighted by Crippen LogP contribution is 2.22. The van der Waals surface area contributed by atoms with E-state index in [2.05, 4.69) is 52.2 Å². The van der Waals surface area contributed by atoms with E-state index in [1.54, 1.807) is 0 Å². The van der Waals surface area contributed by atoms with E-state index < -0.39 is 0 Å². The lowest BCUT2D eigenvalue weighted by atomic mass is 10.2. The summed E-state index contributed by atoms with van der Waals surface area (Å²) in [4.78, 5) is 4.64. The fourth-order valence-electron chi connectivity index (χ4n) is 1.92. The zero-order valence-electron chi connectivity index (χ0n) is 10.1. The van der Waals surface area contributed by atoms with Gasteiger partial charge in [-0.2, -0.15) is 0 Å². The molecule has 92 valence electrons. The summed E-state index contributed by atoms with van der Waals surface area (Å²) in [6, 6.07) is 8.84. The third-order valence-electron chi connectivity index (χ3n) is 2.66. The Labute approximate surface area is 115 Å². The molecule has 1 heterocycles. The zero-order valence-corrected chi connectivity index (χ0v) is 12.5. The monoisotopic (exact) mass is 312 g/mol. The molecule has 2 unspecified atom stereocenters. The molecule has 2 atom stereocenters. The Bertz CT molecular complexity index is 408. The van der Waals surface area contributed by atoms with Crippen LogP contribution in [0.5, 0.6) is 0 Å². The van der Waals surface area contributed by atoms with Gasteiger partial charge in [0.05, 0.1) is 6.54 Å². The van der Waals surface area contributed by atoms with Gasteiger partial charge in [-0.25, -0.2) is 0 Å². The van der Waals surface area contributed by atoms with E-state index >= 15 is 0 Å². The number of nitrogens with zero attached hydrogens (tertiary/aromatic N) is 1. The van der Waals surface area contributed by atoms with Crippen molar-refractivity contribution in [3.8, 4) is 0 Å². The van der Waals surface area contributed by atoms with E-state index in [4.69, 9.17) is 0 Å². The first-order valence-electron chi connectivity index (χ1n) is 5.85. The molecule has 0 amide bonds. The topological polar surface area (TPSA) is 24.4 Å². The van der Waals surface area contributed by atoms with Crippen molar-refractivity contribution in [2.24, 2.45) is 4.99 Å². The molecule has 1 aromatic carbocycles. The van der Waals surface area contributed by atoms with Crippen LogP contribution in [-0.2, 0) is 6.54 Å². The summed E-state index contributed by atoms with van der Waals surface area (Å²) in [5.74, 6) is 0. The van der Waals surface area contributed by atoms with Crippen LogP contribution in [0.15, 0.2) is 33.7 Å². The Hall–Kier alpha value is -0.480. The molecule has 1 N–H and O–H groups in total. The zero-order chi connectivity index (χ0) is 12.3. The van der Waals surface area contributed by atoms with Crippen molar-refractivity contribution in [1.82, 2.24) is 5.32 Å². The number of aliphatic imine (C=N–C) groups is 1.